The summed E-state index contributed by atoms with van der Waals surface area (Å²) in [5.74, 6) is 0. The molecule has 1 atom stereocenters. The molecule has 1 N–H and O–H groups in total. The molecule has 1 heterocycles. The monoisotopic (exact) mass is 266 g/mol. The van der Waals surface area contributed by atoms with Crippen LogP contribution in [0.1, 0.15) is 17.5 Å². The molecule has 18 heavy (non-hydrogen) atoms. The van der Waals surface area contributed by atoms with Crippen LogP contribution >= 0.6 is 0 Å². The molecule has 1 unspecified atom stereocenters. The van der Waals surface area contributed by atoms with E-state index in [1.165, 1.54) is 12.1 Å². The quantitative estimate of drug-likeness (QED) is 0.882. The molecule has 96 valence electrons. The number of aryl methyl sites for hydroxylation is 1. The molecule has 5 nitrogen and oxygen atoms in total. The Kier molecular flexibility index (Phi) is 3.66. The molecule has 2 rings (SSSR count). The summed E-state index contributed by atoms with van der Waals surface area (Å²) in [5, 5.41) is 8.75. The summed E-state index contributed by atoms with van der Waals surface area (Å²) in [6.45, 7) is 2.68. The van der Waals surface area contributed by atoms with Crippen LogP contribution in [0.3, 0.4) is 0 Å². The third-order valence-electron chi connectivity index (χ3n) is 2.85. The third kappa shape index (κ3) is 2.70. The first-order valence-corrected chi connectivity index (χ1v) is 7.12. The van der Waals surface area contributed by atoms with E-state index in [-0.39, 0.29) is 10.9 Å². The van der Waals surface area contributed by atoms with E-state index >= 15 is 0 Å². The van der Waals surface area contributed by atoms with Crippen molar-refractivity contribution in [2.75, 3.05) is 13.2 Å². The Bertz CT molecular complexity index is 584. The predicted octanol–water partition coefficient (Wildman–Crippen LogP) is 0.934. The molecule has 6 heteroatoms. The van der Waals surface area contributed by atoms with E-state index in [4.69, 9.17) is 10.00 Å². The molecular formula is C12H14N2O3S. The summed E-state index contributed by atoms with van der Waals surface area (Å²) in [5.41, 5.74) is 1.02. The smallest absolute Gasteiger partial charge is 0.241 e. The van der Waals surface area contributed by atoms with E-state index in [1.54, 1.807) is 13.0 Å². The average molecular weight is 266 g/mol. The van der Waals surface area contributed by atoms with Crippen molar-refractivity contribution in [1.29, 1.82) is 5.26 Å². The van der Waals surface area contributed by atoms with Crippen molar-refractivity contribution in [3.05, 3.63) is 29.3 Å². The summed E-state index contributed by atoms with van der Waals surface area (Å²) in [7, 11) is -3.54. The van der Waals surface area contributed by atoms with Crippen molar-refractivity contribution in [2.45, 2.75) is 24.3 Å². The lowest BCUT2D eigenvalue weighted by Gasteiger charge is -2.13. The first-order chi connectivity index (χ1) is 8.53. The van der Waals surface area contributed by atoms with Gasteiger partial charge < -0.3 is 4.74 Å². The van der Waals surface area contributed by atoms with E-state index in [2.05, 4.69) is 4.72 Å². The number of ether oxygens (including phenoxy) is 1. The maximum Gasteiger partial charge on any atom is 0.241 e. The minimum Gasteiger partial charge on any atom is -0.380 e. The third-order valence-corrected chi connectivity index (χ3v) is 4.53. The van der Waals surface area contributed by atoms with Gasteiger partial charge in [-0.05, 0) is 37.1 Å². The molecule has 0 radical (unpaired) electrons. The zero-order valence-corrected chi connectivity index (χ0v) is 10.8. The van der Waals surface area contributed by atoms with Crippen LogP contribution in [0.15, 0.2) is 23.1 Å². The maximum atomic E-state index is 12.2. The normalized spacial score (nSPS) is 19.7. The molecule has 1 aliphatic rings. The van der Waals surface area contributed by atoms with Crippen molar-refractivity contribution in [1.82, 2.24) is 4.72 Å². The standard InChI is InChI=1S/C12H14N2O3S/c1-9-6-10(7-13)2-3-12(9)18(15,16)14-11-4-5-17-8-11/h2-3,6,11,14H,4-5,8H2,1H3. The summed E-state index contributed by atoms with van der Waals surface area (Å²) in [6.07, 6.45) is 0.689. The van der Waals surface area contributed by atoms with Gasteiger partial charge in [-0.25, -0.2) is 13.1 Å². The Labute approximate surface area is 106 Å². The van der Waals surface area contributed by atoms with Gasteiger partial charge in [-0.1, -0.05) is 0 Å². The van der Waals surface area contributed by atoms with Crippen LogP contribution in [0.4, 0.5) is 0 Å². The van der Waals surface area contributed by atoms with E-state index < -0.39 is 10.0 Å². The number of hydrogen-bond acceptors (Lipinski definition) is 4. The summed E-state index contributed by atoms with van der Waals surface area (Å²) in [6, 6.07) is 6.36. The zero-order chi connectivity index (χ0) is 13.2. The molecule has 1 saturated heterocycles. The maximum absolute atomic E-state index is 12.2. The fraction of sp³-hybridized carbons (Fsp3) is 0.417. The number of benzene rings is 1. The molecule has 1 aromatic carbocycles. The zero-order valence-electron chi connectivity index (χ0n) is 10.0. The molecule has 1 aromatic rings. The van der Waals surface area contributed by atoms with Gasteiger partial charge in [-0.15, -0.1) is 0 Å². The lowest BCUT2D eigenvalue weighted by molar-refractivity contribution is 0.192. The lowest BCUT2D eigenvalue weighted by atomic mass is 10.2. The van der Waals surface area contributed by atoms with Crippen LogP contribution in [-0.2, 0) is 14.8 Å². The molecule has 0 spiro atoms. The van der Waals surface area contributed by atoms with Gasteiger partial charge in [0.15, 0.2) is 0 Å². The Morgan fingerprint density at radius 1 is 1.50 bits per heavy atom. The molecule has 0 aliphatic carbocycles. The topological polar surface area (TPSA) is 79.2 Å². The first-order valence-electron chi connectivity index (χ1n) is 5.64. The van der Waals surface area contributed by atoms with Gasteiger partial charge in [0.05, 0.1) is 23.1 Å². The fourth-order valence-electron chi connectivity index (χ4n) is 1.93. The van der Waals surface area contributed by atoms with Crippen molar-refractivity contribution >= 4 is 10.0 Å². The first kappa shape index (κ1) is 13.0. The second-order valence-corrected chi connectivity index (χ2v) is 5.96. The second kappa shape index (κ2) is 5.06. The van der Waals surface area contributed by atoms with Gasteiger partial charge in [0, 0.05) is 12.6 Å². The average Bonchev–Trinajstić information content (AvgIpc) is 2.80. The minimum atomic E-state index is -3.54. The number of nitrogens with one attached hydrogen (secondary N) is 1. The van der Waals surface area contributed by atoms with E-state index in [0.717, 1.165) is 0 Å². The fourth-order valence-corrected chi connectivity index (χ4v) is 3.41. The molecule has 1 aliphatic heterocycles. The number of nitriles is 1. The van der Waals surface area contributed by atoms with Crippen LogP contribution in [0.2, 0.25) is 0 Å². The van der Waals surface area contributed by atoms with Crippen molar-refractivity contribution in [3.63, 3.8) is 0 Å². The number of sulfonamides is 1. The number of hydrogen-bond donors (Lipinski definition) is 1. The second-order valence-electron chi connectivity index (χ2n) is 4.27. The molecule has 0 bridgehead atoms. The SMILES string of the molecule is Cc1cc(C#N)ccc1S(=O)(=O)NC1CCOC1. The van der Waals surface area contributed by atoms with E-state index in [1.807, 2.05) is 6.07 Å². The minimum absolute atomic E-state index is 0.162. The predicted molar refractivity (Wildman–Crippen MR) is 65.4 cm³/mol. The van der Waals surface area contributed by atoms with Crippen molar-refractivity contribution < 1.29 is 13.2 Å². The van der Waals surface area contributed by atoms with Crippen LogP contribution < -0.4 is 4.72 Å². The highest BCUT2D eigenvalue weighted by Crippen LogP contribution is 2.18. The Hall–Kier alpha value is -1.42. The summed E-state index contributed by atoms with van der Waals surface area (Å²) >= 11 is 0. The van der Waals surface area contributed by atoms with Gasteiger partial charge >= 0.3 is 0 Å². The lowest BCUT2D eigenvalue weighted by Crippen LogP contribution is -2.35. The van der Waals surface area contributed by atoms with Crippen molar-refractivity contribution in [2.24, 2.45) is 0 Å². The molecule has 0 saturated carbocycles. The van der Waals surface area contributed by atoms with Crippen LogP contribution in [0.5, 0.6) is 0 Å². The highest BCUT2D eigenvalue weighted by atomic mass is 32.2. The largest absolute Gasteiger partial charge is 0.380 e. The van der Waals surface area contributed by atoms with E-state index in [9.17, 15) is 8.42 Å². The van der Waals surface area contributed by atoms with E-state index in [0.29, 0.717) is 30.8 Å². The molecule has 0 aromatic heterocycles. The highest BCUT2D eigenvalue weighted by molar-refractivity contribution is 7.89. The van der Waals surface area contributed by atoms with Crippen molar-refractivity contribution in [3.8, 4) is 6.07 Å². The summed E-state index contributed by atoms with van der Waals surface area (Å²) in [4.78, 5) is 0.216. The molecular weight excluding hydrogens is 252 g/mol. The molecule has 0 amide bonds. The van der Waals surface area contributed by atoms with Gasteiger partial charge in [-0.2, -0.15) is 5.26 Å². The van der Waals surface area contributed by atoms with Crippen LogP contribution in [0, 0.1) is 18.3 Å². The Balaban J connectivity index is 2.27. The van der Waals surface area contributed by atoms with Crippen LogP contribution in [0.25, 0.3) is 0 Å². The van der Waals surface area contributed by atoms with Crippen LogP contribution in [-0.4, -0.2) is 27.7 Å². The molecule has 1 fully saturated rings. The number of rotatable bonds is 3. The number of nitrogens with zero attached hydrogens (tertiary/aromatic N) is 1. The summed E-state index contributed by atoms with van der Waals surface area (Å²) < 4.78 is 32.1. The van der Waals surface area contributed by atoms with Gasteiger partial charge in [0.2, 0.25) is 10.0 Å². The Morgan fingerprint density at radius 3 is 2.83 bits per heavy atom. The van der Waals surface area contributed by atoms with Gasteiger partial charge in [0.25, 0.3) is 0 Å². The van der Waals surface area contributed by atoms with Gasteiger partial charge in [0.1, 0.15) is 0 Å². The highest BCUT2D eigenvalue weighted by Gasteiger charge is 2.24. The van der Waals surface area contributed by atoms with Gasteiger partial charge in [-0.3, -0.25) is 0 Å². The Morgan fingerprint density at radius 2 is 2.28 bits per heavy atom.